The third kappa shape index (κ3) is 3.81. The fraction of sp³-hybridized carbons (Fsp3) is 0.400. The Bertz CT molecular complexity index is 563. The lowest BCUT2D eigenvalue weighted by Crippen LogP contribution is -2.29. The number of anilines is 1. The van der Waals surface area contributed by atoms with Crippen molar-refractivity contribution in [2.24, 2.45) is 0 Å². The lowest BCUT2D eigenvalue weighted by Gasteiger charge is -2.28. The molecule has 0 N–H and O–H groups in total. The zero-order valence-electron chi connectivity index (χ0n) is 11.9. The molecule has 0 saturated carbocycles. The van der Waals surface area contributed by atoms with Gasteiger partial charge in [0.15, 0.2) is 0 Å². The number of ether oxygens (including phenoxy) is 1. The van der Waals surface area contributed by atoms with Gasteiger partial charge in [-0.2, -0.15) is 0 Å². The molecule has 0 aromatic heterocycles. The highest BCUT2D eigenvalue weighted by Gasteiger charge is 2.21. The smallest absolute Gasteiger partial charge is 0.330 e. The molecule has 6 heteroatoms. The molecule has 1 fully saturated rings. The summed E-state index contributed by atoms with van der Waals surface area (Å²) in [6.45, 7) is 1.69. The molecule has 1 saturated heterocycles. The van der Waals surface area contributed by atoms with Crippen molar-refractivity contribution >= 4 is 23.4 Å². The fourth-order valence-electron chi connectivity index (χ4n) is 2.42. The predicted octanol–water partition coefficient (Wildman–Crippen LogP) is 2.77. The minimum atomic E-state index is -0.488. The molecule has 0 bridgehead atoms. The van der Waals surface area contributed by atoms with E-state index in [-0.39, 0.29) is 10.6 Å². The number of methoxy groups -OCH3 is 1. The van der Waals surface area contributed by atoms with E-state index >= 15 is 0 Å². The van der Waals surface area contributed by atoms with Crippen molar-refractivity contribution in [2.75, 3.05) is 25.1 Å². The highest BCUT2D eigenvalue weighted by Crippen LogP contribution is 2.31. The van der Waals surface area contributed by atoms with Gasteiger partial charge in [-0.1, -0.05) is 6.07 Å². The van der Waals surface area contributed by atoms with Crippen LogP contribution in [0.1, 0.15) is 24.8 Å². The van der Waals surface area contributed by atoms with E-state index in [1.807, 2.05) is 0 Å². The SMILES string of the molecule is COC(=O)C=Cc1ccc(N2CCCCC2)c([N+](=O)[O-])c1. The fourth-order valence-corrected chi connectivity index (χ4v) is 2.42. The van der Waals surface area contributed by atoms with E-state index in [1.54, 1.807) is 12.1 Å². The van der Waals surface area contributed by atoms with Crippen molar-refractivity contribution in [2.45, 2.75) is 19.3 Å². The Kier molecular flexibility index (Phi) is 4.92. The molecule has 0 atom stereocenters. The van der Waals surface area contributed by atoms with Gasteiger partial charge in [-0.25, -0.2) is 4.79 Å². The number of esters is 1. The number of nitrogens with zero attached hydrogens (tertiary/aromatic N) is 2. The summed E-state index contributed by atoms with van der Waals surface area (Å²) in [5.74, 6) is -0.488. The Morgan fingerprint density at radius 3 is 2.67 bits per heavy atom. The molecule has 2 rings (SSSR count). The summed E-state index contributed by atoms with van der Waals surface area (Å²) >= 11 is 0. The van der Waals surface area contributed by atoms with Gasteiger partial charge >= 0.3 is 5.97 Å². The number of rotatable bonds is 4. The molecule has 0 radical (unpaired) electrons. The van der Waals surface area contributed by atoms with Gasteiger partial charge in [0, 0.05) is 25.2 Å². The molecule has 6 nitrogen and oxygen atoms in total. The van der Waals surface area contributed by atoms with Gasteiger partial charge in [0.2, 0.25) is 0 Å². The van der Waals surface area contributed by atoms with Crippen LogP contribution in [-0.2, 0) is 9.53 Å². The first-order valence-corrected chi connectivity index (χ1v) is 6.91. The van der Waals surface area contributed by atoms with E-state index < -0.39 is 5.97 Å². The van der Waals surface area contributed by atoms with E-state index in [4.69, 9.17) is 0 Å². The van der Waals surface area contributed by atoms with Gasteiger partial charge in [-0.15, -0.1) is 0 Å². The topological polar surface area (TPSA) is 72.7 Å². The summed E-state index contributed by atoms with van der Waals surface area (Å²) in [5.41, 5.74) is 1.33. The van der Waals surface area contributed by atoms with Gasteiger partial charge in [0.1, 0.15) is 5.69 Å². The van der Waals surface area contributed by atoms with Crippen molar-refractivity contribution in [1.82, 2.24) is 0 Å². The number of nitro groups is 1. The van der Waals surface area contributed by atoms with E-state index in [0.29, 0.717) is 11.3 Å². The third-order valence-electron chi connectivity index (χ3n) is 3.51. The minimum Gasteiger partial charge on any atom is -0.466 e. The summed E-state index contributed by atoms with van der Waals surface area (Å²) in [6, 6.07) is 5.01. The zero-order valence-corrected chi connectivity index (χ0v) is 11.9. The summed E-state index contributed by atoms with van der Waals surface area (Å²) < 4.78 is 4.50. The second-order valence-electron chi connectivity index (χ2n) is 4.91. The first-order chi connectivity index (χ1) is 10.1. The van der Waals surface area contributed by atoms with Gasteiger partial charge in [0.25, 0.3) is 5.69 Å². The Labute approximate surface area is 123 Å². The average molecular weight is 290 g/mol. The van der Waals surface area contributed by atoms with Gasteiger partial charge in [-0.3, -0.25) is 10.1 Å². The second kappa shape index (κ2) is 6.88. The molecule has 0 aliphatic carbocycles. The molecule has 1 aromatic rings. The molecular weight excluding hydrogens is 272 g/mol. The van der Waals surface area contributed by atoms with Crippen LogP contribution in [0.15, 0.2) is 24.3 Å². The van der Waals surface area contributed by atoms with Crippen molar-refractivity contribution in [1.29, 1.82) is 0 Å². The third-order valence-corrected chi connectivity index (χ3v) is 3.51. The molecule has 0 amide bonds. The molecule has 112 valence electrons. The quantitative estimate of drug-likeness (QED) is 0.369. The average Bonchev–Trinajstić information content (AvgIpc) is 2.53. The number of hydrogen-bond acceptors (Lipinski definition) is 5. The van der Waals surface area contributed by atoms with Crippen molar-refractivity contribution in [3.8, 4) is 0 Å². The number of piperidine rings is 1. The van der Waals surface area contributed by atoms with E-state index in [9.17, 15) is 14.9 Å². The van der Waals surface area contributed by atoms with Crippen LogP contribution in [0.5, 0.6) is 0 Å². The largest absolute Gasteiger partial charge is 0.466 e. The maximum Gasteiger partial charge on any atom is 0.330 e. The molecule has 21 heavy (non-hydrogen) atoms. The maximum absolute atomic E-state index is 11.3. The number of carbonyl (C=O) groups is 1. The van der Waals surface area contributed by atoms with E-state index in [0.717, 1.165) is 25.9 Å². The van der Waals surface area contributed by atoms with Crippen LogP contribution in [0.4, 0.5) is 11.4 Å². The van der Waals surface area contributed by atoms with Crippen molar-refractivity contribution < 1.29 is 14.5 Å². The first-order valence-electron chi connectivity index (χ1n) is 6.91. The molecule has 0 unspecified atom stereocenters. The van der Waals surface area contributed by atoms with Crippen LogP contribution in [0, 0.1) is 10.1 Å². The number of hydrogen-bond donors (Lipinski definition) is 0. The second-order valence-corrected chi connectivity index (χ2v) is 4.91. The number of nitro benzene ring substituents is 1. The summed E-state index contributed by atoms with van der Waals surface area (Å²) in [6.07, 6.45) is 6.05. The molecule has 0 spiro atoms. The predicted molar refractivity (Wildman–Crippen MR) is 80.2 cm³/mol. The number of benzene rings is 1. The van der Waals surface area contributed by atoms with Gasteiger partial charge in [-0.05, 0) is 37.0 Å². The zero-order chi connectivity index (χ0) is 15.2. The Morgan fingerprint density at radius 1 is 1.33 bits per heavy atom. The highest BCUT2D eigenvalue weighted by molar-refractivity contribution is 5.87. The van der Waals surface area contributed by atoms with Gasteiger partial charge < -0.3 is 9.64 Å². The maximum atomic E-state index is 11.3. The Balaban J connectivity index is 2.28. The normalized spacial score (nSPS) is 15.2. The van der Waals surface area contributed by atoms with Crippen LogP contribution >= 0.6 is 0 Å². The first kappa shape index (κ1) is 15.0. The molecule has 1 heterocycles. The van der Waals surface area contributed by atoms with Crippen molar-refractivity contribution in [3.63, 3.8) is 0 Å². The summed E-state index contributed by atoms with van der Waals surface area (Å²) in [5, 5.41) is 11.3. The summed E-state index contributed by atoms with van der Waals surface area (Å²) in [4.78, 5) is 24.0. The molecule has 1 aliphatic heterocycles. The van der Waals surface area contributed by atoms with Crippen LogP contribution in [-0.4, -0.2) is 31.1 Å². The lowest BCUT2D eigenvalue weighted by molar-refractivity contribution is -0.384. The number of carbonyl (C=O) groups excluding carboxylic acids is 1. The van der Waals surface area contributed by atoms with Crippen molar-refractivity contribution in [3.05, 3.63) is 40.0 Å². The van der Waals surface area contributed by atoms with Gasteiger partial charge in [0.05, 0.1) is 12.0 Å². The lowest BCUT2D eigenvalue weighted by atomic mass is 10.1. The minimum absolute atomic E-state index is 0.0731. The Hall–Kier alpha value is -2.37. The van der Waals surface area contributed by atoms with E-state index in [1.165, 1.54) is 31.7 Å². The molecular formula is C15H18N2O4. The Morgan fingerprint density at radius 2 is 2.05 bits per heavy atom. The molecule has 1 aromatic carbocycles. The monoisotopic (exact) mass is 290 g/mol. The van der Waals surface area contributed by atoms with E-state index in [2.05, 4.69) is 9.64 Å². The standard InChI is InChI=1S/C15H18N2O4/c1-21-15(18)8-6-12-5-7-13(14(11-12)17(19)20)16-9-3-2-4-10-16/h5-8,11H,2-4,9-10H2,1H3. The van der Waals surface area contributed by atoms with Crippen LogP contribution < -0.4 is 4.90 Å². The van der Waals surface area contributed by atoms with Crippen LogP contribution in [0.2, 0.25) is 0 Å². The highest BCUT2D eigenvalue weighted by atomic mass is 16.6. The van der Waals surface area contributed by atoms with Crippen LogP contribution in [0.3, 0.4) is 0 Å². The summed E-state index contributed by atoms with van der Waals surface area (Å²) in [7, 11) is 1.29. The van der Waals surface area contributed by atoms with Crippen LogP contribution in [0.25, 0.3) is 6.08 Å². The molecule has 1 aliphatic rings.